The highest BCUT2D eigenvalue weighted by Crippen LogP contribution is 2.31. The highest BCUT2D eigenvalue weighted by molar-refractivity contribution is 9.10. The molecule has 1 aliphatic heterocycles. The summed E-state index contributed by atoms with van der Waals surface area (Å²) in [6, 6.07) is 4.95. The zero-order valence-electron chi connectivity index (χ0n) is 10.8. The van der Waals surface area contributed by atoms with E-state index < -0.39 is 11.4 Å². The van der Waals surface area contributed by atoms with Crippen molar-refractivity contribution in [2.45, 2.75) is 26.3 Å². The van der Waals surface area contributed by atoms with E-state index in [-0.39, 0.29) is 5.82 Å². The molecule has 1 unspecified atom stereocenters. The zero-order chi connectivity index (χ0) is 14.0. The van der Waals surface area contributed by atoms with Gasteiger partial charge in [0.15, 0.2) is 0 Å². The maximum atomic E-state index is 13.5. The van der Waals surface area contributed by atoms with Gasteiger partial charge in [-0.15, -0.1) is 0 Å². The number of halogens is 2. The first kappa shape index (κ1) is 14.5. The molecule has 2 rings (SSSR count). The molecule has 19 heavy (non-hydrogen) atoms. The molecular formula is C14H17BrFNO2. The van der Waals surface area contributed by atoms with Crippen molar-refractivity contribution in [1.29, 1.82) is 0 Å². The largest absolute Gasteiger partial charge is 0.481 e. The van der Waals surface area contributed by atoms with Gasteiger partial charge in [-0.05, 0) is 53.9 Å². The molecule has 0 bridgehead atoms. The summed E-state index contributed by atoms with van der Waals surface area (Å²) in [7, 11) is 0. The third-order valence-corrected chi connectivity index (χ3v) is 4.61. The van der Waals surface area contributed by atoms with E-state index in [4.69, 9.17) is 0 Å². The first-order valence-electron chi connectivity index (χ1n) is 6.31. The number of likely N-dealkylation sites (tertiary alicyclic amines) is 1. The van der Waals surface area contributed by atoms with Crippen molar-refractivity contribution in [3.05, 3.63) is 34.1 Å². The molecule has 0 spiro atoms. The second-order valence-electron chi connectivity index (χ2n) is 5.39. The smallest absolute Gasteiger partial charge is 0.310 e. The zero-order valence-corrected chi connectivity index (χ0v) is 12.4. The highest BCUT2D eigenvalue weighted by Gasteiger charge is 2.37. The Labute approximate surface area is 120 Å². The van der Waals surface area contributed by atoms with Crippen LogP contribution in [0.15, 0.2) is 22.7 Å². The topological polar surface area (TPSA) is 40.5 Å². The summed E-state index contributed by atoms with van der Waals surface area (Å²) in [6.07, 6.45) is 1.55. The number of aliphatic carboxylic acids is 1. The highest BCUT2D eigenvalue weighted by atomic mass is 79.9. The molecule has 0 radical (unpaired) electrons. The lowest BCUT2D eigenvalue weighted by molar-refractivity contribution is -0.151. The Kier molecular flexibility index (Phi) is 4.26. The molecule has 104 valence electrons. The summed E-state index contributed by atoms with van der Waals surface area (Å²) in [4.78, 5) is 13.4. The van der Waals surface area contributed by atoms with Crippen molar-refractivity contribution >= 4 is 21.9 Å². The van der Waals surface area contributed by atoms with E-state index in [1.165, 1.54) is 6.07 Å². The van der Waals surface area contributed by atoms with Crippen LogP contribution in [0, 0.1) is 11.2 Å². The molecule has 1 aromatic carbocycles. The van der Waals surface area contributed by atoms with Crippen LogP contribution in [0.4, 0.5) is 4.39 Å². The van der Waals surface area contributed by atoms with Crippen molar-refractivity contribution in [2.24, 2.45) is 5.41 Å². The molecule has 0 amide bonds. The summed E-state index contributed by atoms with van der Waals surface area (Å²) in [5.41, 5.74) is 0.160. The summed E-state index contributed by atoms with van der Waals surface area (Å²) >= 11 is 3.25. The van der Waals surface area contributed by atoms with Gasteiger partial charge in [0.1, 0.15) is 5.82 Å². The molecule has 0 aliphatic carbocycles. The molecule has 0 aromatic heterocycles. The quantitative estimate of drug-likeness (QED) is 0.925. The van der Waals surface area contributed by atoms with Gasteiger partial charge in [-0.3, -0.25) is 9.69 Å². The van der Waals surface area contributed by atoms with Crippen LogP contribution in [0.1, 0.15) is 25.3 Å². The minimum atomic E-state index is -0.754. The van der Waals surface area contributed by atoms with E-state index in [9.17, 15) is 14.3 Å². The SMILES string of the molecule is CC1(C(=O)O)CCCN(Cc2cccc(F)c2Br)C1. The second-order valence-corrected chi connectivity index (χ2v) is 6.19. The number of carboxylic acids is 1. The molecule has 1 N–H and O–H groups in total. The Hall–Kier alpha value is -0.940. The van der Waals surface area contributed by atoms with Gasteiger partial charge < -0.3 is 5.11 Å². The van der Waals surface area contributed by atoms with Gasteiger partial charge in [0.25, 0.3) is 0 Å². The number of piperidine rings is 1. The minimum absolute atomic E-state index is 0.282. The van der Waals surface area contributed by atoms with Crippen molar-refractivity contribution in [3.63, 3.8) is 0 Å². The Morgan fingerprint density at radius 1 is 1.58 bits per heavy atom. The molecule has 5 heteroatoms. The number of carboxylic acid groups (broad SMARTS) is 1. The van der Waals surface area contributed by atoms with Gasteiger partial charge >= 0.3 is 5.97 Å². The molecule has 3 nitrogen and oxygen atoms in total. The molecule has 1 atom stereocenters. The first-order valence-corrected chi connectivity index (χ1v) is 7.10. The van der Waals surface area contributed by atoms with Crippen LogP contribution in [0.3, 0.4) is 0 Å². The number of hydrogen-bond donors (Lipinski definition) is 1. The van der Waals surface area contributed by atoms with Crippen LogP contribution >= 0.6 is 15.9 Å². The van der Waals surface area contributed by atoms with E-state index >= 15 is 0 Å². The fraction of sp³-hybridized carbons (Fsp3) is 0.500. The maximum Gasteiger partial charge on any atom is 0.310 e. The van der Waals surface area contributed by atoms with Gasteiger partial charge in [-0.25, -0.2) is 4.39 Å². The molecule has 1 fully saturated rings. The Balaban J connectivity index is 2.11. The van der Waals surface area contributed by atoms with Gasteiger partial charge in [0.05, 0.1) is 9.89 Å². The number of benzene rings is 1. The number of rotatable bonds is 3. The lowest BCUT2D eigenvalue weighted by Crippen LogP contribution is -2.45. The third-order valence-electron chi connectivity index (χ3n) is 3.72. The predicted octanol–water partition coefficient (Wildman–Crippen LogP) is 3.27. The monoisotopic (exact) mass is 329 g/mol. The lowest BCUT2D eigenvalue weighted by atomic mass is 9.82. The van der Waals surface area contributed by atoms with E-state index in [1.807, 2.05) is 6.07 Å². The van der Waals surface area contributed by atoms with Crippen molar-refractivity contribution < 1.29 is 14.3 Å². The average molecular weight is 330 g/mol. The van der Waals surface area contributed by atoms with E-state index in [2.05, 4.69) is 20.8 Å². The average Bonchev–Trinajstić information content (AvgIpc) is 2.35. The summed E-state index contributed by atoms with van der Waals surface area (Å²) in [5.74, 6) is -1.04. The van der Waals surface area contributed by atoms with Gasteiger partial charge in [0, 0.05) is 13.1 Å². The van der Waals surface area contributed by atoms with Gasteiger partial charge in [0.2, 0.25) is 0 Å². The van der Waals surface area contributed by atoms with E-state index in [0.29, 0.717) is 24.0 Å². The number of carbonyl (C=O) groups is 1. The molecule has 1 aromatic rings. The third kappa shape index (κ3) is 3.15. The number of nitrogens with zero attached hydrogens (tertiary/aromatic N) is 1. The van der Waals surface area contributed by atoms with Gasteiger partial charge in [-0.1, -0.05) is 12.1 Å². The van der Waals surface area contributed by atoms with Crippen molar-refractivity contribution in [2.75, 3.05) is 13.1 Å². The standard InChI is InChI=1S/C14H17BrFNO2/c1-14(13(18)19)6-3-7-17(9-14)8-10-4-2-5-11(16)12(10)15/h2,4-5H,3,6-9H2,1H3,(H,18,19). The van der Waals surface area contributed by atoms with Crippen LogP contribution in [-0.4, -0.2) is 29.1 Å². The lowest BCUT2D eigenvalue weighted by Gasteiger charge is -2.37. The minimum Gasteiger partial charge on any atom is -0.481 e. The van der Waals surface area contributed by atoms with Crippen LogP contribution in [0.25, 0.3) is 0 Å². The maximum absolute atomic E-state index is 13.5. The Morgan fingerprint density at radius 2 is 2.32 bits per heavy atom. The second kappa shape index (κ2) is 5.59. The van der Waals surface area contributed by atoms with Crippen LogP contribution in [-0.2, 0) is 11.3 Å². The van der Waals surface area contributed by atoms with Crippen LogP contribution in [0.2, 0.25) is 0 Å². The Bertz CT molecular complexity index is 494. The number of hydrogen-bond acceptors (Lipinski definition) is 2. The summed E-state index contributed by atoms with van der Waals surface area (Å²) in [6.45, 7) is 3.71. The molecule has 1 saturated heterocycles. The molecule has 1 aliphatic rings. The molecular weight excluding hydrogens is 313 g/mol. The van der Waals surface area contributed by atoms with Crippen molar-refractivity contribution in [1.82, 2.24) is 4.90 Å². The van der Waals surface area contributed by atoms with Crippen LogP contribution < -0.4 is 0 Å². The van der Waals surface area contributed by atoms with Gasteiger partial charge in [-0.2, -0.15) is 0 Å². The summed E-state index contributed by atoms with van der Waals surface area (Å²) in [5, 5.41) is 9.28. The van der Waals surface area contributed by atoms with Crippen LogP contribution in [0.5, 0.6) is 0 Å². The molecule has 0 saturated carbocycles. The van der Waals surface area contributed by atoms with Crippen molar-refractivity contribution in [3.8, 4) is 0 Å². The Morgan fingerprint density at radius 3 is 3.00 bits per heavy atom. The molecule has 1 heterocycles. The predicted molar refractivity (Wildman–Crippen MR) is 74.4 cm³/mol. The fourth-order valence-corrected chi connectivity index (χ4v) is 2.96. The van der Waals surface area contributed by atoms with E-state index in [1.54, 1.807) is 13.0 Å². The fourth-order valence-electron chi connectivity index (χ4n) is 2.57. The summed E-state index contributed by atoms with van der Waals surface area (Å²) < 4.78 is 13.9. The first-order chi connectivity index (χ1) is 8.92. The normalized spacial score (nSPS) is 24.4. The van der Waals surface area contributed by atoms with E-state index in [0.717, 1.165) is 18.5 Å².